The molecule has 3 rings (SSSR count). The second-order valence-corrected chi connectivity index (χ2v) is 7.50. The Balaban J connectivity index is 1.85. The van der Waals surface area contributed by atoms with E-state index in [2.05, 4.69) is 29.3 Å². The maximum Gasteiger partial charge on any atom is 0.0595 e. The number of rotatable bonds is 4. The fraction of sp³-hybridized carbons (Fsp3) is 0.765. The standard InChI is InChI=1S/C17H28N2S/c1-2-14(18)17(16-10-6-12-20-16)19-11-5-8-13-7-3-4-9-15(13)19/h6,10,12-15,17H,2-5,7-9,11,18H2,1H3/t13-,14?,15-,17?/m1/s1. The van der Waals surface area contributed by atoms with Gasteiger partial charge < -0.3 is 5.73 Å². The van der Waals surface area contributed by atoms with Crippen molar-refractivity contribution in [3.05, 3.63) is 22.4 Å². The average Bonchev–Trinajstić information content (AvgIpc) is 3.01. The molecule has 0 spiro atoms. The number of thiophene rings is 1. The zero-order valence-electron chi connectivity index (χ0n) is 12.6. The summed E-state index contributed by atoms with van der Waals surface area (Å²) < 4.78 is 0. The Labute approximate surface area is 127 Å². The molecular formula is C17H28N2S. The summed E-state index contributed by atoms with van der Waals surface area (Å²) in [6, 6.07) is 5.98. The molecule has 0 amide bonds. The van der Waals surface area contributed by atoms with Crippen molar-refractivity contribution in [3.8, 4) is 0 Å². The molecule has 1 aliphatic heterocycles. The maximum atomic E-state index is 6.53. The monoisotopic (exact) mass is 292 g/mol. The molecule has 1 saturated carbocycles. The summed E-state index contributed by atoms with van der Waals surface area (Å²) in [7, 11) is 0. The molecule has 1 aromatic heterocycles. The molecule has 2 fully saturated rings. The lowest BCUT2D eigenvalue weighted by Crippen LogP contribution is -2.52. The van der Waals surface area contributed by atoms with Gasteiger partial charge in [0.1, 0.15) is 0 Å². The largest absolute Gasteiger partial charge is 0.326 e. The summed E-state index contributed by atoms with van der Waals surface area (Å²) in [4.78, 5) is 4.26. The van der Waals surface area contributed by atoms with Crippen LogP contribution in [0.5, 0.6) is 0 Å². The lowest BCUT2D eigenvalue weighted by atomic mass is 9.77. The van der Waals surface area contributed by atoms with Gasteiger partial charge in [-0.1, -0.05) is 25.8 Å². The third kappa shape index (κ3) is 2.81. The quantitative estimate of drug-likeness (QED) is 0.902. The molecule has 0 bridgehead atoms. The van der Waals surface area contributed by atoms with Gasteiger partial charge in [-0.25, -0.2) is 0 Å². The van der Waals surface area contributed by atoms with Crippen molar-refractivity contribution >= 4 is 11.3 Å². The van der Waals surface area contributed by atoms with E-state index in [0.29, 0.717) is 6.04 Å². The van der Waals surface area contributed by atoms with Gasteiger partial charge in [-0.2, -0.15) is 0 Å². The minimum Gasteiger partial charge on any atom is -0.326 e. The summed E-state index contributed by atoms with van der Waals surface area (Å²) in [6.45, 7) is 3.48. The molecule has 2 aliphatic rings. The third-order valence-electron chi connectivity index (χ3n) is 5.36. The fourth-order valence-corrected chi connectivity index (χ4v) is 5.23. The highest BCUT2D eigenvalue weighted by Crippen LogP contribution is 2.41. The van der Waals surface area contributed by atoms with Gasteiger partial charge in [0.2, 0.25) is 0 Å². The highest BCUT2D eigenvalue weighted by molar-refractivity contribution is 7.10. The maximum absolute atomic E-state index is 6.53. The van der Waals surface area contributed by atoms with Crippen LogP contribution in [-0.2, 0) is 0 Å². The zero-order chi connectivity index (χ0) is 13.9. The van der Waals surface area contributed by atoms with Crippen LogP contribution in [-0.4, -0.2) is 23.5 Å². The Hall–Kier alpha value is -0.380. The molecule has 4 atom stereocenters. The fourth-order valence-electron chi connectivity index (χ4n) is 4.31. The molecule has 112 valence electrons. The first kappa shape index (κ1) is 14.6. The normalized spacial score (nSPS) is 30.7. The minimum absolute atomic E-state index is 0.273. The van der Waals surface area contributed by atoms with Crippen molar-refractivity contribution in [1.29, 1.82) is 0 Å². The van der Waals surface area contributed by atoms with Crippen LogP contribution in [0.15, 0.2) is 17.5 Å². The predicted molar refractivity (Wildman–Crippen MR) is 87.0 cm³/mol. The smallest absolute Gasteiger partial charge is 0.0595 e. The van der Waals surface area contributed by atoms with Crippen molar-refractivity contribution < 1.29 is 0 Å². The van der Waals surface area contributed by atoms with E-state index in [1.54, 1.807) is 0 Å². The van der Waals surface area contributed by atoms with Gasteiger partial charge in [0.25, 0.3) is 0 Å². The van der Waals surface area contributed by atoms with Crippen LogP contribution < -0.4 is 5.73 Å². The lowest BCUT2D eigenvalue weighted by Gasteiger charge is -2.48. The number of nitrogens with two attached hydrogens (primary N) is 1. The van der Waals surface area contributed by atoms with Crippen LogP contribution in [0.1, 0.15) is 62.8 Å². The number of fused-ring (bicyclic) bond motifs is 1. The van der Waals surface area contributed by atoms with Gasteiger partial charge in [-0.05, 0) is 56.0 Å². The number of piperidine rings is 1. The molecule has 1 saturated heterocycles. The van der Waals surface area contributed by atoms with E-state index < -0.39 is 0 Å². The Morgan fingerprint density at radius 3 is 2.85 bits per heavy atom. The van der Waals surface area contributed by atoms with E-state index in [1.165, 1.54) is 49.9 Å². The van der Waals surface area contributed by atoms with Crippen LogP contribution in [0.3, 0.4) is 0 Å². The number of hydrogen-bond acceptors (Lipinski definition) is 3. The van der Waals surface area contributed by atoms with Crippen LogP contribution in [0.4, 0.5) is 0 Å². The van der Waals surface area contributed by atoms with Crippen molar-refractivity contribution in [2.24, 2.45) is 11.7 Å². The van der Waals surface area contributed by atoms with Crippen LogP contribution in [0, 0.1) is 5.92 Å². The predicted octanol–water partition coefficient (Wildman–Crippen LogP) is 4.18. The van der Waals surface area contributed by atoms with Gasteiger partial charge in [-0.3, -0.25) is 4.90 Å². The lowest BCUT2D eigenvalue weighted by molar-refractivity contribution is 0.0167. The number of nitrogens with zero attached hydrogens (tertiary/aromatic N) is 1. The van der Waals surface area contributed by atoms with Gasteiger partial charge in [0.15, 0.2) is 0 Å². The second-order valence-electron chi connectivity index (χ2n) is 6.52. The second kappa shape index (κ2) is 6.59. The molecule has 2 nitrogen and oxygen atoms in total. The van der Waals surface area contributed by atoms with Gasteiger partial charge >= 0.3 is 0 Å². The Bertz CT molecular complexity index is 401. The van der Waals surface area contributed by atoms with Crippen LogP contribution >= 0.6 is 11.3 Å². The van der Waals surface area contributed by atoms with Crippen LogP contribution in [0.25, 0.3) is 0 Å². The van der Waals surface area contributed by atoms with E-state index in [-0.39, 0.29) is 6.04 Å². The Morgan fingerprint density at radius 2 is 2.10 bits per heavy atom. The highest BCUT2D eigenvalue weighted by Gasteiger charge is 2.39. The Kier molecular flexibility index (Phi) is 4.79. The van der Waals surface area contributed by atoms with E-state index in [4.69, 9.17) is 5.73 Å². The third-order valence-corrected chi connectivity index (χ3v) is 6.30. The van der Waals surface area contributed by atoms with Crippen LogP contribution in [0.2, 0.25) is 0 Å². The molecule has 1 aromatic rings. The van der Waals surface area contributed by atoms with E-state index in [1.807, 2.05) is 11.3 Å². The van der Waals surface area contributed by atoms with Gasteiger partial charge in [0, 0.05) is 17.0 Å². The van der Waals surface area contributed by atoms with E-state index >= 15 is 0 Å². The SMILES string of the molecule is CCC(N)C(c1cccs1)N1CCC[C@H]2CCCC[C@H]21. The molecule has 20 heavy (non-hydrogen) atoms. The van der Waals surface area contributed by atoms with Crippen molar-refractivity contribution in [1.82, 2.24) is 4.90 Å². The van der Waals surface area contributed by atoms with Crippen molar-refractivity contribution in [3.63, 3.8) is 0 Å². The molecule has 2 heterocycles. The van der Waals surface area contributed by atoms with Crippen molar-refractivity contribution in [2.45, 2.75) is 70.0 Å². The first-order valence-corrected chi connectivity index (χ1v) is 9.24. The number of hydrogen-bond donors (Lipinski definition) is 1. The number of likely N-dealkylation sites (tertiary alicyclic amines) is 1. The zero-order valence-corrected chi connectivity index (χ0v) is 13.4. The minimum atomic E-state index is 0.273. The molecular weight excluding hydrogens is 264 g/mol. The summed E-state index contributed by atoms with van der Waals surface area (Å²) in [5.74, 6) is 0.934. The first-order chi connectivity index (χ1) is 9.81. The molecule has 2 unspecified atom stereocenters. The molecule has 1 aliphatic carbocycles. The summed E-state index contributed by atoms with van der Waals surface area (Å²) in [6.07, 6.45) is 9.56. The molecule has 3 heteroatoms. The van der Waals surface area contributed by atoms with Gasteiger partial charge in [0.05, 0.1) is 6.04 Å². The molecule has 0 aromatic carbocycles. The molecule has 0 radical (unpaired) electrons. The van der Waals surface area contributed by atoms with E-state index in [9.17, 15) is 0 Å². The molecule has 2 N–H and O–H groups in total. The Morgan fingerprint density at radius 1 is 1.30 bits per heavy atom. The first-order valence-electron chi connectivity index (χ1n) is 8.36. The highest BCUT2D eigenvalue weighted by atomic mass is 32.1. The summed E-state index contributed by atoms with van der Waals surface area (Å²) in [5.41, 5.74) is 6.53. The average molecular weight is 292 g/mol. The van der Waals surface area contributed by atoms with Gasteiger partial charge in [-0.15, -0.1) is 11.3 Å². The summed E-state index contributed by atoms with van der Waals surface area (Å²) in [5, 5.41) is 2.20. The topological polar surface area (TPSA) is 29.3 Å². The van der Waals surface area contributed by atoms with Crippen molar-refractivity contribution in [2.75, 3.05) is 6.54 Å². The van der Waals surface area contributed by atoms with E-state index in [0.717, 1.165) is 18.4 Å². The summed E-state index contributed by atoms with van der Waals surface area (Å²) >= 11 is 1.89.